The van der Waals surface area contributed by atoms with Crippen molar-refractivity contribution >= 4 is 32.7 Å². The van der Waals surface area contributed by atoms with E-state index >= 15 is 0 Å². The van der Waals surface area contributed by atoms with Crippen molar-refractivity contribution in [3.8, 4) is 11.5 Å². The number of aromatic nitrogens is 2. The van der Waals surface area contributed by atoms with E-state index in [1.54, 1.807) is 18.2 Å². The second-order valence-electron chi connectivity index (χ2n) is 6.54. The summed E-state index contributed by atoms with van der Waals surface area (Å²) >= 11 is 0. The van der Waals surface area contributed by atoms with Gasteiger partial charge in [0.2, 0.25) is 15.9 Å². The Morgan fingerprint density at radius 3 is 2.72 bits per heavy atom. The summed E-state index contributed by atoms with van der Waals surface area (Å²) in [4.78, 5) is 12.6. The van der Waals surface area contributed by atoms with Gasteiger partial charge in [0.1, 0.15) is 0 Å². The van der Waals surface area contributed by atoms with Gasteiger partial charge in [0.25, 0.3) is 0 Å². The fourth-order valence-electron chi connectivity index (χ4n) is 3.06. The second-order valence-corrected chi connectivity index (χ2v) is 8.43. The Morgan fingerprint density at radius 2 is 1.93 bits per heavy atom. The molecule has 0 saturated carbocycles. The van der Waals surface area contributed by atoms with Gasteiger partial charge in [-0.25, -0.2) is 13.1 Å². The Morgan fingerprint density at radius 1 is 1.14 bits per heavy atom. The van der Waals surface area contributed by atoms with Crippen LogP contribution < -0.4 is 19.5 Å². The minimum atomic E-state index is -3.56. The number of nitrogens with one attached hydrogen (secondary N) is 3. The monoisotopic (exact) mass is 416 g/mol. The average molecular weight is 416 g/mol. The highest BCUT2D eigenvalue weighted by atomic mass is 32.2. The van der Waals surface area contributed by atoms with E-state index in [0.29, 0.717) is 41.4 Å². The van der Waals surface area contributed by atoms with E-state index in [2.05, 4.69) is 20.2 Å². The summed E-state index contributed by atoms with van der Waals surface area (Å²) in [5, 5.41) is 10.2. The maximum absolute atomic E-state index is 12.5. The third-order valence-corrected chi connectivity index (χ3v) is 5.96. The number of carbonyl (C=O) groups excluding carboxylic acids is 1. The molecule has 0 atom stereocenters. The van der Waals surface area contributed by atoms with E-state index in [9.17, 15) is 13.2 Å². The molecule has 4 rings (SSSR count). The standard InChI is InChI=1S/C19H20N4O5S/c1-20-29(25,26)13-4-5-14-15(11-13)22-23-19(14)21-18(24)10-12-3-6-16-17(9-12)28-8-2-7-27-16/h3-6,9,11,20H,2,7-8,10H2,1H3,(H2,21,22,23,24). The smallest absolute Gasteiger partial charge is 0.240 e. The first-order chi connectivity index (χ1) is 14.0. The number of hydrogen-bond donors (Lipinski definition) is 3. The molecular formula is C19H20N4O5S. The Labute approximate surface area is 167 Å². The number of sulfonamides is 1. The van der Waals surface area contributed by atoms with Crippen molar-refractivity contribution in [2.75, 3.05) is 25.6 Å². The number of nitrogens with zero attached hydrogens (tertiary/aromatic N) is 1. The Kier molecular flexibility index (Phi) is 5.12. The maximum atomic E-state index is 12.5. The topological polar surface area (TPSA) is 122 Å². The van der Waals surface area contributed by atoms with Crippen molar-refractivity contribution < 1.29 is 22.7 Å². The molecular weight excluding hydrogens is 396 g/mol. The van der Waals surface area contributed by atoms with Crippen molar-refractivity contribution in [1.29, 1.82) is 0 Å². The maximum Gasteiger partial charge on any atom is 0.240 e. The van der Waals surface area contributed by atoms with Crippen molar-refractivity contribution in [2.24, 2.45) is 0 Å². The van der Waals surface area contributed by atoms with Crippen LogP contribution in [0.2, 0.25) is 0 Å². The van der Waals surface area contributed by atoms with E-state index in [-0.39, 0.29) is 17.2 Å². The van der Waals surface area contributed by atoms with E-state index in [1.807, 2.05) is 6.07 Å². The zero-order valence-electron chi connectivity index (χ0n) is 15.7. The predicted molar refractivity (Wildman–Crippen MR) is 107 cm³/mol. The lowest BCUT2D eigenvalue weighted by molar-refractivity contribution is -0.115. The van der Waals surface area contributed by atoms with Crippen LogP contribution in [-0.4, -0.2) is 44.8 Å². The molecule has 1 aliphatic heterocycles. The molecule has 0 radical (unpaired) electrons. The number of H-pyrrole nitrogens is 1. The second kappa shape index (κ2) is 7.72. The molecule has 10 heteroatoms. The van der Waals surface area contributed by atoms with Crippen molar-refractivity contribution in [2.45, 2.75) is 17.7 Å². The normalized spacial score (nSPS) is 13.8. The highest BCUT2D eigenvalue weighted by Crippen LogP contribution is 2.30. The number of carbonyl (C=O) groups is 1. The molecule has 3 aromatic rings. The number of benzene rings is 2. The van der Waals surface area contributed by atoms with Crippen LogP contribution in [0.4, 0.5) is 5.82 Å². The van der Waals surface area contributed by atoms with Gasteiger partial charge in [-0.1, -0.05) is 6.07 Å². The molecule has 2 aromatic carbocycles. The fraction of sp³-hybridized carbons (Fsp3) is 0.263. The Bertz CT molecular complexity index is 1170. The molecule has 1 aromatic heterocycles. The Balaban J connectivity index is 1.50. The van der Waals surface area contributed by atoms with Gasteiger partial charge < -0.3 is 14.8 Å². The van der Waals surface area contributed by atoms with Gasteiger partial charge in [0.15, 0.2) is 17.3 Å². The largest absolute Gasteiger partial charge is 0.490 e. The zero-order valence-corrected chi connectivity index (χ0v) is 16.5. The van der Waals surface area contributed by atoms with Gasteiger partial charge in [0.05, 0.1) is 30.0 Å². The summed E-state index contributed by atoms with van der Waals surface area (Å²) in [6.07, 6.45) is 0.950. The van der Waals surface area contributed by atoms with Crippen LogP contribution in [-0.2, 0) is 21.2 Å². The zero-order chi connectivity index (χ0) is 20.4. The molecule has 0 fully saturated rings. The lowest BCUT2D eigenvalue weighted by Crippen LogP contribution is -2.18. The quantitative estimate of drug-likeness (QED) is 0.583. The van der Waals surface area contributed by atoms with Crippen LogP contribution in [0.25, 0.3) is 10.9 Å². The van der Waals surface area contributed by atoms with Gasteiger partial charge in [-0.05, 0) is 42.9 Å². The van der Waals surface area contributed by atoms with E-state index < -0.39 is 10.0 Å². The highest BCUT2D eigenvalue weighted by Gasteiger charge is 2.16. The van der Waals surface area contributed by atoms with Crippen LogP contribution in [0.15, 0.2) is 41.3 Å². The van der Waals surface area contributed by atoms with Crippen LogP contribution >= 0.6 is 0 Å². The number of amides is 1. The summed E-state index contributed by atoms with van der Waals surface area (Å²) in [5.41, 5.74) is 1.29. The highest BCUT2D eigenvalue weighted by molar-refractivity contribution is 7.89. The summed E-state index contributed by atoms with van der Waals surface area (Å²) in [6.45, 7) is 1.18. The van der Waals surface area contributed by atoms with Crippen molar-refractivity contribution in [1.82, 2.24) is 14.9 Å². The Hall–Kier alpha value is -3.11. The molecule has 0 bridgehead atoms. The van der Waals surface area contributed by atoms with Crippen LogP contribution in [0.3, 0.4) is 0 Å². The third kappa shape index (κ3) is 4.03. The lowest BCUT2D eigenvalue weighted by Gasteiger charge is -2.09. The molecule has 152 valence electrons. The van der Waals surface area contributed by atoms with Crippen LogP contribution in [0.5, 0.6) is 11.5 Å². The first-order valence-electron chi connectivity index (χ1n) is 9.06. The lowest BCUT2D eigenvalue weighted by atomic mass is 10.1. The number of fused-ring (bicyclic) bond motifs is 2. The molecule has 1 amide bonds. The minimum Gasteiger partial charge on any atom is -0.490 e. The molecule has 9 nitrogen and oxygen atoms in total. The number of anilines is 1. The van der Waals surface area contributed by atoms with Gasteiger partial charge in [0, 0.05) is 11.8 Å². The first-order valence-corrected chi connectivity index (χ1v) is 10.5. The molecule has 1 aliphatic rings. The van der Waals surface area contributed by atoms with E-state index in [4.69, 9.17) is 9.47 Å². The summed E-state index contributed by atoms with van der Waals surface area (Å²) < 4.78 is 37.4. The fourth-order valence-corrected chi connectivity index (χ4v) is 3.81. The average Bonchev–Trinajstić information content (AvgIpc) is 2.95. The number of aromatic amines is 1. The van der Waals surface area contributed by atoms with Gasteiger partial charge in [-0.2, -0.15) is 5.10 Å². The van der Waals surface area contributed by atoms with E-state index in [0.717, 1.165) is 12.0 Å². The first kappa shape index (κ1) is 19.2. The molecule has 3 N–H and O–H groups in total. The van der Waals surface area contributed by atoms with Gasteiger partial charge >= 0.3 is 0 Å². The van der Waals surface area contributed by atoms with Crippen LogP contribution in [0.1, 0.15) is 12.0 Å². The molecule has 2 heterocycles. The summed E-state index contributed by atoms with van der Waals surface area (Å²) in [7, 11) is -2.22. The van der Waals surface area contributed by atoms with Crippen LogP contribution in [0, 0.1) is 0 Å². The third-order valence-electron chi connectivity index (χ3n) is 4.55. The molecule has 0 saturated heterocycles. The summed E-state index contributed by atoms with van der Waals surface area (Å²) in [5.74, 6) is 1.40. The van der Waals surface area contributed by atoms with Gasteiger partial charge in [-0.3, -0.25) is 9.89 Å². The predicted octanol–water partition coefficient (Wildman–Crippen LogP) is 1.81. The summed E-state index contributed by atoms with van der Waals surface area (Å²) in [6, 6.07) is 9.96. The number of hydrogen-bond acceptors (Lipinski definition) is 6. The van der Waals surface area contributed by atoms with Crippen molar-refractivity contribution in [3.63, 3.8) is 0 Å². The molecule has 0 unspecified atom stereocenters. The van der Waals surface area contributed by atoms with Crippen molar-refractivity contribution in [3.05, 3.63) is 42.0 Å². The number of ether oxygens (including phenoxy) is 2. The van der Waals surface area contributed by atoms with Gasteiger partial charge in [-0.15, -0.1) is 0 Å². The molecule has 29 heavy (non-hydrogen) atoms. The van der Waals surface area contributed by atoms with E-state index in [1.165, 1.54) is 19.2 Å². The number of rotatable bonds is 5. The molecule has 0 aliphatic carbocycles. The minimum absolute atomic E-state index is 0.112. The molecule has 0 spiro atoms. The SMILES string of the molecule is CNS(=O)(=O)c1ccc2c(NC(=O)Cc3ccc4c(c3)OCCCO4)n[nH]c2c1.